The molecule has 0 atom stereocenters. The van der Waals surface area contributed by atoms with Crippen molar-refractivity contribution in [2.24, 2.45) is 0 Å². The molecule has 156 valence electrons. The molecule has 0 bridgehead atoms. The van der Waals surface area contributed by atoms with Crippen LogP contribution in [0.2, 0.25) is 0 Å². The maximum Gasteiger partial charge on any atom is 0.416 e. The molecule has 0 unspecified atom stereocenters. The van der Waals surface area contributed by atoms with Gasteiger partial charge in [0.1, 0.15) is 0 Å². The number of carbonyl (C=O) groups excluding carboxylic acids is 2. The second-order valence-corrected chi connectivity index (χ2v) is 6.44. The van der Waals surface area contributed by atoms with Gasteiger partial charge < -0.3 is 15.5 Å². The van der Waals surface area contributed by atoms with E-state index in [4.69, 9.17) is 0 Å². The predicted octanol–water partition coefficient (Wildman–Crippen LogP) is 4.16. The molecule has 1 aliphatic heterocycles. The van der Waals surface area contributed by atoms with Gasteiger partial charge in [0.2, 0.25) is 5.91 Å². The minimum atomic E-state index is -4.47. The van der Waals surface area contributed by atoms with Crippen molar-refractivity contribution in [1.82, 2.24) is 10.2 Å². The molecule has 11 heteroatoms. The molecule has 0 saturated carbocycles. The zero-order valence-corrected chi connectivity index (χ0v) is 14.7. The molecule has 5 nitrogen and oxygen atoms in total. The van der Waals surface area contributed by atoms with Gasteiger partial charge in [-0.1, -0.05) is 0 Å². The topological polar surface area (TPSA) is 61.4 Å². The normalized spacial score (nSPS) is 16.0. The van der Waals surface area contributed by atoms with E-state index in [1.165, 1.54) is 4.90 Å². The summed E-state index contributed by atoms with van der Waals surface area (Å²) in [4.78, 5) is 25.0. The third-order valence-corrected chi connectivity index (χ3v) is 4.28. The smallest absolute Gasteiger partial charge is 0.343 e. The number of hydrogen-bond donors (Lipinski definition) is 2. The Morgan fingerprint density at radius 1 is 1.00 bits per heavy atom. The highest BCUT2D eigenvalue weighted by Crippen LogP contribution is 2.29. The van der Waals surface area contributed by atoms with Crippen molar-refractivity contribution in [3.8, 4) is 0 Å². The highest BCUT2D eigenvalue weighted by molar-refractivity contribution is 5.89. The van der Waals surface area contributed by atoms with E-state index >= 15 is 0 Å². The van der Waals surface area contributed by atoms with E-state index in [1.807, 2.05) is 0 Å². The number of urea groups is 1. The van der Waals surface area contributed by atoms with E-state index in [9.17, 15) is 35.9 Å². The molecule has 28 heavy (non-hydrogen) atoms. The van der Waals surface area contributed by atoms with Crippen LogP contribution in [0.1, 0.15) is 31.2 Å². The lowest BCUT2D eigenvalue weighted by Gasteiger charge is -2.32. The highest BCUT2D eigenvalue weighted by atomic mass is 19.4. The Balaban J connectivity index is 1.75. The van der Waals surface area contributed by atoms with Crippen molar-refractivity contribution in [2.75, 3.05) is 18.4 Å². The largest absolute Gasteiger partial charge is 0.416 e. The Morgan fingerprint density at radius 2 is 1.57 bits per heavy atom. The SMILES string of the molecule is O=C(Nc1ccc(C(F)(F)F)cc1)NC1CCN(C(=O)CCC(F)(F)F)CC1. The lowest BCUT2D eigenvalue weighted by atomic mass is 10.0. The molecule has 1 heterocycles. The van der Waals surface area contributed by atoms with Gasteiger partial charge in [0, 0.05) is 31.2 Å². The van der Waals surface area contributed by atoms with Gasteiger partial charge in [-0.2, -0.15) is 26.3 Å². The first-order chi connectivity index (χ1) is 12.9. The summed E-state index contributed by atoms with van der Waals surface area (Å²) in [7, 11) is 0. The standard InChI is InChI=1S/C17H19F6N3O2/c18-16(19,20)8-5-14(27)26-9-6-13(7-10-26)25-15(28)24-12-3-1-11(2-4-12)17(21,22)23/h1-4,13H,5-10H2,(H2,24,25,28). The van der Waals surface area contributed by atoms with Gasteiger partial charge in [0.15, 0.2) is 0 Å². The van der Waals surface area contributed by atoms with Crippen molar-refractivity contribution < 1.29 is 35.9 Å². The van der Waals surface area contributed by atoms with Crippen molar-refractivity contribution in [3.63, 3.8) is 0 Å². The van der Waals surface area contributed by atoms with Crippen molar-refractivity contribution in [1.29, 1.82) is 0 Å². The third kappa shape index (κ3) is 6.93. The Bertz CT molecular complexity index is 680. The number of benzene rings is 1. The van der Waals surface area contributed by atoms with Crippen LogP contribution in [0, 0.1) is 0 Å². The molecule has 0 aliphatic carbocycles. The number of alkyl halides is 6. The lowest BCUT2D eigenvalue weighted by molar-refractivity contribution is -0.149. The van der Waals surface area contributed by atoms with Gasteiger partial charge in [0.05, 0.1) is 12.0 Å². The molecule has 1 aromatic carbocycles. The first-order valence-corrected chi connectivity index (χ1v) is 8.53. The number of likely N-dealkylation sites (tertiary alicyclic amines) is 1. The van der Waals surface area contributed by atoms with Gasteiger partial charge in [-0.15, -0.1) is 0 Å². The van der Waals surface area contributed by atoms with E-state index in [1.54, 1.807) is 0 Å². The van der Waals surface area contributed by atoms with Crippen LogP contribution in [0.4, 0.5) is 36.8 Å². The minimum absolute atomic E-state index is 0.185. The molecule has 1 aromatic rings. The molecule has 1 aliphatic rings. The van der Waals surface area contributed by atoms with Gasteiger partial charge in [0.25, 0.3) is 0 Å². The first-order valence-electron chi connectivity index (χ1n) is 8.53. The molecule has 1 fully saturated rings. The molecule has 0 spiro atoms. The van der Waals surface area contributed by atoms with Crippen LogP contribution in [-0.2, 0) is 11.0 Å². The molecule has 2 N–H and O–H groups in total. The molecule has 2 rings (SSSR count). The van der Waals surface area contributed by atoms with Crippen molar-refractivity contribution >= 4 is 17.6 Å². The Hall–Kier alpha value is -2.46. The number of nitrogens with zero attached hydrogens (tertiary/aromatic N) is 1. The van der Waals surface area contributed by atoms with Crippen LogP contribution in [0.25, 0.3) is 0 Å². The fourth-order valence-corrected chi connectivity index (χ4v) is 2.78. The molecular weight excluding hydrogens is 392 g/mol. The van der Waals surface area contributed by atoms with Crippen LogP contribution in [-0.4, -0.2) is 42.1 Å². The summed E-state index contributed by atoms with van der Waals surface area (Å²) in [5, 5.41) is 5.05. The average molecular weight is 411 g/mol. The summed E-state index contributed by atoms with van der Waals surface area (Å²) < 4.78 is 74.0. The van der Waals surface area contributed by atoms with E-state index < -0.39 is 42.7 Å². The molecule has 3 amide bonds. The van der Waals surface area contributed by atoms with Gasteiger partial charge >= 0.3 is 18.4 Å². The zero-order chi connectivity index (χ0) is 20.9. The quantitative estimate of drug-likeness (QED) is 0.731. The van der Waals surface area contributed by atoms with Crippen molar-refractivity contribution in [2.45, 2.75) is 44.1 Å². The maximum absolute atomic E-state index is 12.5. The van der Waals surface area contributed by atoms with Gasteiger partial charge in [-0.25, -0.2) is 4.79 Å². The highest BCUT2D eigenvalue weighted by Gasteiger charge is 2.31. The average Bonchev–Trinajstić information content (AvgIpc) is 2.59. The molecule has 0 aromatic heterocycles. The zero-order valence-electron chi connectivity index (χ0n) is 14.7. The summed E-state index contributed by atoms with van der Waals surface area (Å²) >= 11 is 0. The molecular formula is C17H19F6N3O2. The summed E-state index contributed by atoms with van der Waals surface area (Å²) in [5.41, 5.74) is -0.647. The number of carbonyl (C=O) groups is 2. The Labute approximate surface area is 157 Å². The summed E-state index contributed by atoms with van der Waals surface area (Å²) in [6.45, 7) is 0.448. The first kappa shape index (κ1) is 21.8. The second kappa shape index (κ2) is 8.70. The predicted molar refractivity (Wildman–Crippen MR) is 88.5 cm³/mol. The third-order valence-electron chi connectivity index (χ3n) is 4.28. The van der Waals surface area contributed by atoms with Crippen LogP contribution >= 0.6 is 0 Å². The van der Waals surface area contributed by atoms with E-state index in [2.05, 4.69) is 10.6 Å². The maximum atomic E-state index is 12.5. The number of halogens is 6. The second-order valence-electron chi connectivity index (χ2n) is 6.44. The van der Waals surface area contributed by atoms with Crippen molar-refractivity contribution in [3.05, 3.63) is 29.8 Å². The Morgan fingerprint density at radius 3 is 2.07 bits per heavy atom. The summed E-state index contributed by atoms with van der Waals surface area (Å²) in [6.07, 6.45) is -9.87. The Kier molecular flexibility index (Phi) is 6.78. The monoisotopic (exact) mass is 411 g/mol. The van der Waals surface area contributed by atoms with Crippen LogP contribution in [0.3, 0.4) is 0 Å². The fourth-order valence-electron chi connectivity index (χ4n) is 2.78. The number of piperidine rings is 1. The molecule has 1 saturated heterocycles. The van der Waals surface area contributed by atoms with Gasteiger partial charge in [-0.3, -0.25) is 4.79 Å². The lowest BCUT2D eigenvalue weighted by Crippen LogP contribution is -2.47. The number of rotatable bonds is 4. The molecule has 0 radical (unpaired) electrons. The van der Waals surface area contributed by atoms with Crippen LogP contribution in [0.15, 0.2) is 24.3 Å². The van der Waals surface area contributed by atoms with E-state index in [0.29, 0.717) is 12.8 Å². The van der Waals surface area contributed by atoms with E-state index in [-0.39, 0.29) is 24.8 Å². The van der Waals surface area contributed by atoms with Crippen LogP contribution in [0.5, 0.6) is 0 Å². The summed E-state index contributed by atoms with van der Waals surface area (Å²) in [6, 6.07) is 3.05. The van der Waals surface area contributed by atoms with Crippen LogP contribution < -0.4 is 10.6 Å². The number of hydrogen-bond acceptors (Lipinski definition) is 2. The number of amides is 3. The number of anilines is 1. The summed E-state index contributed by atoms with van der Waals surface area (Å²) in [5.74, 6) is -0.579. The van der Waals surface area contributed by atoms with E-state index in [0.717, 1.165) is 24.3 Å². The van der Waals surface area contributed by atoms with Gasteiger partial charge in [-0.05, 0) is 37.1 Å². The minimum Gasteiger partial charge on any atom is -0.343 e. The number of nitrogens with one attached hydrogen (secondary N) is 2. The fraction of sp³-hybridized carbons (Fsp3) is 0.529.